The van der Waals surface area contributed by atoms with Crippen LogP contribution in [0.4, 0.5) is 5.69 Å². The van der Waals surface area contributed by atoms with Crippen molar-refractivity contribution in [3.8, 4) is 0 Å². The second-order valence-corrected chi connectivity index (χ2v) is 5.73. The van der Waals surface area contributed by atoms with Crippen LogP contribution < -0.4 is 10.6 Å². The number of carbonyl (C=O) groups excluding carboxylic acids is 1. The molecule has 1 amide bonds. The van der Waals surface area contributed by atoms with Crippen LogP contribution in [0.1, 0.15) is 61.9 Å². The van der Waals surface area contributed by atoms with E-state index in [9.17, 15) is 4.79 Å². The van der Waals surface area contributed by atoms with Gasteiger partial charge in [0.2, 0.25) is 0 Å². The van der Waals surface area contributed by atoms with Gasteiger partial charge < -0.3 is 10.6 Å². The second-order valence-electron chi connectivity index (χ2n) is 5.73. The van der Waals surface area contributed by atoms with Crippen LogP contribution in [0, 0.1) is 0 Å². The Labute approximate surface area is 122 Å². The third-order valence-corrected chi connectivity index (χ3v) is 3.96. The van der Waals surface area contributed by atoms with E-state index >= 15 is 0 Å². The Bertz CT molecular complexity index is 456. The molecule has 1 unspecified atom stereocenters. The first-order valence-corrected chi connectivity index (χ1v) is 7.89. The van der Waals surface area contributed by atoms with E-state index in [0.717, 1.165) is 37.1 Å². The number of anilines is 1. The number of carbonyl (C=O) groups is 1. The lowest BCUT2D eigenvalue weighted by molar-refractivity contribution is 0.0937. The second kappa shape index (κ2) is 7.32. The zero-order chi connectivity index (χ0) is 14.4. The number of hydrogen-bond acceptors (Lipinski definition) is 2. The summed E-state index contributed by atoms with van der Waals surface area (Å²) in [5, 5.41) is 6.51. The first-order chi connectivity index (χ1) is 9.72. The molecule has 20 heavy (non-hydrogen) atoms. The van der Waals surface area contributed by atoms with Gasteiger partial charge in [-0.15, -0.1) is 0 Å². The van der Waals surface area contributed by atoms with Gasteiger partial charge in [-0.05, 0) is 43.9 Å². The fourth-order valence-electron chi connectivity index (χ4n) is 2.80. The van der Waals surface area contributed by atoms with E-state index in [4.69, 9.17) is 0 Å². The maximum absolute atomic E-state index is 12.4. The molecule has 0 aliphatic carbocycles. The van der Waals surface area contributed by atoms with Gasteiger partial charge in [0.15, 0.2) is 0 Å². The molecule has 3 nitrogen and oxygen atoms in total. The summed E-state index contributed by atoms with van der Waals surface area (Å²) in [5.41, 5.74) is 3.15. The number of unbranched alkanes of at least 4 members (excludes halogenated alkanes) is 2. The zero-order valence-corrected chi connectivity index (χ0v) is 12.7. The largest absolute Gasteiger partial charge is 0.385 e. The van der Waals surface area contributed by atoms with Crippen LogP contribution in [0.3, 0.4) is 0 Å². The van der Waals surface area contributed by atoms with E-state index in [2.05, 4.69) is 30.5 Å². The molecule has 3 heteroatoms. The summed E-state index contributed by atoms with van der Waals surface area (Å²) in [6.45, 7) is 5.30. The van der Waals surface area contributed by atoms with Gasteiger partial charge in [0.05, 0.1) is 0 Å². The Morgan fingerprint density at radius 2 is 2.25 bits per heavy atom. The van der Waals surface area contributed by atoms with Crippen molar-refractivity contribution >= 4 is 11.6 Å². The minimum Gasteiger partial charge on any atom is -0.385 e. The monoisotopic (exact) mass is 274 g/mol. The molecule has 2 N–H and O–H groups in total. The Kier molecular flexibility index (Phi) is 5.45. The molecular weight excluding hydrogens is 248 g/mol. The van der Waals surface area contributed by atoms with Gasteiger partial charge in [0, 0.05) is 23.8 Å². The summed E-state index contributed by atoms with van der Waals surface area (Å²) in [6, 6.07) is 6.23. The highest BCUT2D eigenvalue weighted by atomic mass is 16.1. The number of rotatable bonds is 6. The molecule has 1 aliphatic heterocycles. The molecule has 0 aromatic heterocycles. The summed E-state index contributed by atoms with van der Waals surface area (Å²) < 4.78 is 0. The number of nitrogens with one attached hydrogen (secondary N) is 2. The third-order valence-electron chi connectivity index (χ3n) is 3.96. The van der Waals surface area contributed by atoms with Crippen molar-refractivity contribution in [2.24, 2.45) is 0 Å². The van der Waals surface area contributed by atoms with Gasteiger partial charge >= 0.3 is 0 Å². The van der Waals surface area contributed by atoms with Gasteiger partial charge in [-0.3, -0.25) is 4.79 Å². The predicted octanol–water partition coefficient (Wildman–Crippen LogP) is 3.74. The van der Waals surface area contributed by atoms with Gasteiger partial charge in [-0.25, -0.2) is 0 Å². The molecule has 1 aromatic carbocycles. The molecular formula is C17H26N2O. The molecule has 1 heterocycles. The molecule has 0 saturated heterocycles. The lowest BCUT2D eigenvalue weighted by atomic mass is 9.97. The maximum Gasteiger partial charge on any atom is 0.251 e. The van der Waals surface area contributed by atoms with Crippen molar-refractivity contribution in [3.63, 3.8) is 0 Å². The Morgan fingerprint density at radius 3 is 3.05 bits per heavy atom. The highest BCUT2D eigenvalue weighted by Gasteiger charge is 2.18. The van der Waals surface area contributed by atoms with Gasteiger partial charge in [0.25, 0.3) is 5.91 Å². The average molecular weight is 274 g/mol. The number of amides is 1. The van der Waals surface area contributed by atoms with Crippen LogP contribution in [0.2, 0.25) is 0 Å². The molecule has 110 valence electrons. The lowest BCUT2D eigenvalue weighted by Gasteiger charge is -2.21. The molecule has 0 spiro atoms. The fourth-order valence-corrected chi connectivity index (χ4v) is 2.80. The maximum atomic E-state index is 12.4. The van der Waals surface area contributed by atoms with Crippen molar-refractivity contribution in [3.05, 3.63) is 29.3 Å². The van der Waals surface area contributed by atoms with E-state index in [-0.39, 0.29) is 11.9 Å². The molecule has 0 saturated carbocycles. The first kappa shape index (κ1) is 14.9. The van der Waals surface area contributed by atoms with Crippen LogP contribution >= 0.6 is 0 Å². The molecule has 1 aliphatic rings. The molecule has 2 rings (SSSR count). The quantitative estimate of drug-likeness (QED) is 0.776. The van der Waals surface area contributed by atoms with Crippen LogP contribution in [-0.4, -0.2) is 18.5 Å². The summed E-state index contributed by atoms with van der Waals surface area (Å²) in [7, 11) is 0. The number of fused-ring (bicyclic) bond motifs is 1. The van der Waals surface area contributed by atoms with E-state index in [1.54, 1.807) is 0 Å². The smallest absolute Gasteiger partial charge is 0.251 e. The van der Waals surface area contributed by atoms with Gasteiger partial charge in [-0.1, -0.05) is 32.3 Å². The van der Waals surface area contributed by atoms with Gasteiger partial charge in [-0.2, -0.15) is 0 Å². The third kappa shape index (κ3) is 3.75. The fraction of sp³-hybridized carbons (Fsp3) is 0.588. The van der Waals surface area contributed by atoms with Crippen molar-refractivity contribution in [2.45, 2.75) is 58.4 Å². The standard InChI is InChI=1S/C17H26N2O/c1-3-4-5-8-13(2)19-17(20)15-9-6-11-16-14(15)10-7-12-18-16/h6,9,11,13,18H,3-5,7-8,10,12H2,1-2H3,(H,19,20). The Morgan fingerprint density at radius 1 is 1.40 bits per heavy atom. The summed E-state index contributed by atoms with van der Waals surface area (Å²) >= 11 is 0. The number of benzene rings is 1. The lowest BCUT2D eigenvalue weighted by Crippen LogP contribution is -2.33. The van der Waals surface area contributed by atoms with Crippen molar-refractivity contribution in [1.82, 2.24) is 5.32 Å². The predicted molar refractivity (Wildman–Crippen MR) is 84.3 cm³/mol. The van der Waals surface area contributed by atoms with Crippen molar-refractivity contribution in [1.29, 1.82) is 0 Å². The molecule has 0 bridgehead atoms. The van der Waals surface area contributed by atoms with Gasteiger partial charge in [0.1, 0.15) is 0 Å². The SMILES string of the molecule is CCCCCC(C)NC(=O)c1cccc2c1CCCN2. The van der Waals surface area contributed by atoms with Crippen molar-refractivity contribution < 1.29 is 4.79 Å². The Balaban J connectivity index is 1.99. The molecule has 1 atom stereocenters. The Hall–Kier alpha value is -1.51. The minimum atomic E-state index is 0.0783. The van der Waals surface area contributed by atoms with E-state index in [1.165, 1.54) is 24.8 Å². The zero-order valence-electron chi connectivity index (χ0n) is 12.7. The van der Waals surface area contributed by atoms with Crippen LogP contribution in [0.15, 0.2) is 18.2 Å². The van der Waals surface area contributed by atoms with E-state index < -0.39 is 0 Å². The highest BCUT2D eigenvalue weighted by Crippen LogP contribution is 2.25. The van der Waals surface area contributed by atoms with Crippen LogP contribution in [-0.2, 0) is 6.42 Å². The van der Waals surface area contributed by atoms with Crippen LogP contribution in [0.25, 0.3) is 0 Å². The van der Waals surface area contributed by atoms with E-state index in [0.29, 0.717) is 0 Å². The number of hydrogen-bond donors (Lipinski definition) is 2. The molecule has 1 aromatic rings. The highest BCUT2D eigenvalue weighted by molar-refractivity contribution is 5.97. The van der Waals surface area contributed by atoms with E-state index in [1.807, 2.05) is 12.1 Å². The normalized spacial score (nSPS) is 15.1. The topological polar surface area (TPSA) is 41.1 Å². The minimum absolute atomic E-state index is 0.0783. The average Bonchev–Trinajstić information content (AvgIpc) is 2.47. The molecule has 0 fully saturated rings. The van der Waals surface area contributed by atoms with Crippen LogP contribution in [0.5, 0.6) is 0 Å². The first-order valence-electron chi connectivity index (χ1n) is 7.89. The summed E-state index contributed by atoms with van der Waals surface area (Å²) in [6.07, 6.45) is 6.81. The summed E-state index contributed by atoms with van der Waals surface area (Å²) in [5.74, 6) is 0.0783. The van der Waals surface area contributed by atoms with Crippen molar-refractivity contribution in [2.75, 3.05) is 11.9 Å². The summed E-state index contributed by atoms with van der Waals surface area (Å²) in [4.78, 5) is 12.4. The molecule has 0 radical (unpaired) electrons.